The second kappa shape index (κ2) is 6.20. The van der Waals surface area contributed by atoms with Crippen LogP contribution in [0.1, 0.15) is 26.7 Å². The molecule has 0 bridgehead atoms. The second-order valence-corrected chi connectivity index (χ2v) is 5.46. The van der Waals surface area contributed by atoms with E-state index in [0.29, 0.717) is 13.0 Å². The number of rotatable bonds is 3. The Kier molecular flexibility index (Phi) is 4.55. The molecule has 6 heteroatoms. The van der Waals surface area contributed by atoms with Crippen molar-refractivity contribution in [2.75, 3.05) is 11.9 Å². The number of nitrogens with one attached hydrogen (secondary N) is 1. The van der Waals surface area contributed by atoms with Crippen LogP contribution in [0, 0.1) is 17.6 Å². The van der Waals surface area contributed by atoms with Crippen molar-refractivity contribution in [2.45, 2.75) is 32.7 Å². The normalized spacial score (nSPS) is 18.1. The quantitative estimate of drug-likeness (QED) is 0.932. The van der Waals surface area contributed by atoms with E-state index in [1.807, 2.05) is 0 Å². The van der Waals surface area contributed by atoms with Gasteiger partial charge in [0.25, 0.3) is 0 Å². The van der Waals surface area contributed by atoms with Gasteiger partial charge in [0.2, 0.25) is 11.8 Å². The van der Waals surface area contributed by atoms with Crippen LogP contribution >= 0.6 is 0 Å². The average Bonchev–Trinajstić information content (AvgIpc) is 2.91. The number of benzene rings is 1. The third-order valence-electron chi connectivity index (χ3n) is 3.52. The van der Waals surface area contributed by atoms with E-state index in [9.17, 15) is 18.4 Å². The highest BCUT2D eigenvalue weighted by Crippen LogP contribution is 2.22. The van der Waals surface area contributed by atoms with Crippen molar-refractivity contribution < 1.29 is 18.4 Å². The zero-order valence-corrected chi connectivity index (χ0v) is 12.0. The van der Waals surface area contributed by atoms with Crippen LogP contribution in [-0.4, -0.2) is 29.3 Å². The Morgan fingerprint density at radius 3 is 2.71 bits per heavy atom. The van der Waals surface area contributed by atoms with Crippen LogP contribution in [0.15, 0.2) is 18.2 Å². The van der Waals surface area contributed by atoms with Gasteiger partial charge in [0, 0.05) is 18.5 Å². The van der Waals surface area contributed by atoms with Gasteiger partial charge in [-0.3, -0.25) is 9.59 Å². The molecule has 1 atom stereocenters. The largest absolute Gasteiger partial charge is 0.330 e. The minimum atomic E-state index is -0.704. The number of hydrogen-bond acceptors (Lipinski definition) is 2. The van der Waals surface area contributed by atoms with Crippen molar-refractivity contribution in [1.82, 2.24) is 4.90 Å². The first-order chi connectivity index (χ1) is 9.90. The van der Waals surface area contributed by atoms with Gasteiger partial charge in [-0.2, -0.15) is 0 Å². The molecule has 1 aliphatic heterocycles. The maximum absolute atomic E-state index is 13.5. The Morgan fingerprint density at radius 1 is 1.33 bits per heavy atom. The van der Waals surface area contributed by atoms with Crippen molar-refractivity contribution in [2.24, 2.45) is 5.92 Å². The smallest absolute Gasteiger partial charge is 0.247 e. The van der Waals surface area contributed by atoms with Gasteiger partial charge in [-0.1, -0.05) is 13.8 Å². The zero-order chi connectivity index (χ0) is 15.6. The van der Waals surface area contributed by atoms with E-state index in [4.69, 9.17) is 0 Å². The Bertz CT molecular complexity index is 561. The van der Waals surface area contributed by atoms with Crippen LogP contribution < -0.4 is 5.32 Å². The predicted octanol–water partition coefficient (Wildman–Crippen LogP) is 2.55. The van der Waals surface area contributed by atoms with E-state index >= 15 is 0 Å². The molecule has 0 saturated carbocycles. The first kappa shape index (κ1) is 15.4. The summed E-state index contributed by atoms with van der Waals surface area (Å²) < 4.78 is 26.6. The van der Waals surface area contributed by atoms with E-state index in [-0.39, 0.29) is 17.5 Å². The fourth-order valence-electron chi connectivity index (χ4n) is 2.44. The van der Waals surface area contributed by atoms with Crippen molar-refractivity contribution in [3.05, 3.63) is 29.8 Å². The van der Waals surface area contributed by atoms with Gasteiger partial charge in [0.1, 0.15) is 17.7 Å². The molecule has 1 N–H and O–H groups in total. The summed E-state index contributed by atoms with van der Waals surface area (Å²) in [5.74, 6) is -2.12. The van der Waals surface area contributed by atoms with Gasteiger partial charge in [-0.05, 0) is 25.0 Å². The lowest BCUT2D eigenvalue weighted by molar-refractivity contribution is -0.139. The van der Waals surface area contributed by atoms with Gasteiger partial charge in [0.15, 0.2) is 0 Å². The maximum Gasteiger partial charge on any atom is 0.247 e. The summed E-state index contributed by atoms with van der Waals surface area (Å²) in [5, 5.41) is 2.37. The summed E-state index contributed by atoms with van der Waals surface area (Å²) in [6.45, 7) is 4.05. The lowest BCUT2D eigenvalue weighted by Crippen LogP contribution is -2.44. The zero-order valence-electron chi connectivity index (χ0n) is 12.0. The molecular weight excluding hydrogens is 278 g/mol. The standard InChI is InChI=1S/C15H18F2N2O2/c1-9(2)15(21)19-7-3-4-13(19)14(20)18-12-8-10(16)5-6-11(12)17/h5-6,8-9,13H,3-4,7H2,1-2H3,(H,18,20)/t13-/m0/s1. The van der Waals surface area contributed by atoms with E-state index in [1.165, 1.54) is 4.90 Å². The van der Waals surface area contributed by atoms with Crippen LogP contribution in [0.2, 0.25) is 0 Å². The summed E-state index contributed by atoms with van der Waals surface area (Å²) in [6.07, 6.45) is 1.25. The highest BCUT2D eigenvalue weighted by atomic mass is 19.1. The lowest BCUT2D eigenvalue weighted by atomic mass is 10.1. The van der Waals surface area contributed by atoms with Crippen molar-refractivity contribution in [1.29, 1.82) is 0 Å². The third-order valence-corrected chi connectivity index (χ3v) is 3.52. The SMILES string of the molecule is CC(C)C(=O)N1CCC[C@H]1C(=O)Nc1cc(F)ccc1F. The Morgan fingerprint density at radius 2 is 2.05 bits per heavy atom. The van der Waals surface area contributed by atoms with Crippen molar-refractivity contribution in [3.63, 3.8) is 0 Å². The van der Waals surface area contributed by atoms with Crippen LogP contribution in [-0.2, 0) is 9.59 Å². The molecule has 1 aliphatic rings. The molecular formula is C15H18F2N2O2. The van der Waals surface area contributed by atoms with Crippen LogP contribution in [0.3, 0.4) is 0 Å². The molecule has 2 amide bonds. The molecule has 0 aliphatic carbocycles. The first-order valence-corrected chi connectivity index (χ1v) is 6.96. The van der Waals surface area contributed by atoms with Crippen LogP contribution in [0.5, 0.6) is 0 Å². The van der Waals surface area contributed by atoms with Crippen LogP contribution in [0.4, 0.5) is 14.5 Å². The minimum Gasteiger partial charge on any atom is -0.330 e. The number of anilines is 1. The van der Waals surface area contributed by atoms with Gasteiger partial charge in [-0.15, -0.1) is 0 Å². The molecule has 0 unspecified atom stereocenters. The van der Waals surface area contributed by atoms with E-state index < -0.39 is 23.6 Å². The fraction of sp³-hybridized carbons (Fsp3) is 0.467. The van der Waals surface area contributed by atoms with Gasteiger partial charge < -0.3 is 10.2 Å². The number of carbonyl (C=O) groups is 2. The summed E-state index contributed by atoms with van der Waals surface area (Å²) >= 11 is 0. The molecule has 1 saturated heterocycles. The van der Waals surface area contributed by atoms with Crippen molar-refractivity contribution >= 4 is 17.5 Å². The highest BCUT2D eigenvalue weighted by molar-refractivity contribution is 5.97. The summed E-state index contributed by atoms with van der Waals surface area (Å²) in [4.78, 5) is 25.8. The number of likely N-dealkylation sites (tertiary alicyclic amines) is 1. The fourth-order valence-corrected chi connectivity index (χ4v) is 2.44. The Labute approximate surface area is 122 Å². The molecule has 1 aromatic rings. The Balaban J connectivity index is 2.12. The van der Waals surface area contributed by atoms with E-state index in [0.717, 1.165) is 24.6 Å². The number of amides is 2. The molecule has 21 heavy (non-hydrogen) atoms. The molecule has 1 fully saturated rings. The van der Waals surface area contributed by atoms with E-state index in [2.05, 4.69) is 5.32 Å². The minimum absolute atomic E-state index is 0.104. The van der Waals surface area contributed by atoms with Gasteiger partial charge >= 0.3 is 0 Å². The average molecular weight is 296 g/mol. The topological polar surface area (TPSA) is 49.4 Å². The van der Waals surface area contributed by atoms with Gasteiger partial charge in [-0.25, -0.2) is 8.78 Å². The summed E-state index contributed by atoms with van der Waals surface area (Å²) in [6, 6.07) is 2.24. The third kappa shape index (κ3) is 3.37. The number of carbonyl (C=O) groups excluding carboxylic acids is 2. The summed E-state index contributed by atoms with van der Waals surface area (Å²) in [5.41, 5.74) is -0.205. The molecule has 1 heterocycles. The highest BCUT2D eigenvalue weighted by Gasteiger charge is 2.35. The molecule has 4 nitrogen and oxygen atoms in total. The molecule has 114 valence electrons. The summed E-state index contributed by atoms with van der Waals surface area (Å²) in [7, 11) is 0. The molecule has 2 rings (SSSR count). The van der Waals surface area contributed by atoms with Gasteiger partial charge in [0.05, 0.1) is 5.69 Å². The molecule has 0 radical (unpaired) electrons. The number of hydrogen-bond donors (Lipinski definition) is 1. The van der Waals surface area contributed by atoms with E-state index in [1.54, 1.807) is 13.8 Å². The number of halogens is 2. The predicted molar refractivity (Wildman–Crippen MR) is 74.6 cm³/mol. The van der Waals surface area contributed by atoms with Crippen LogP contribution in [0.25, 0.3) is 0 Å². The Hall–Kier alpha value is -1.98. The maximum atomic E-state index is 13.5. The molecule has 0 aromatic heterocycles. The first-order valence-electron chi connectivity index (χ1n) is 6.96. The second-order valence-electron chi connectivity index (χ2n) is 5.46. The monoisotopic (exact) mass is 296 g/mol. The van der Waals surface area contributed by atoms with Crippen molar-refractivity contribution in [3.8, 4) is 0 Å². The number of nitrogens with zero attached hydrogens (tertiary/aromatic N) is 1. The lowest BCUT2D eigenvalue weighted by Gasteiger charge is -2.25. The molecule has 1 aromatic carbocycles. The molecule has 0 spiro atoms.